The van der Waals surface area contributed by atoms with Gasteiger partial charge in [-0.25, -0.2) is 0 Å². The number of halogens is 1. The molecule has 0 bridgehead atoms. The number of rotatable bonds is 1. The molecule has 0 spiro atoms. The number of amides is 1. The molecule has 0 aromatic rings. The molecule has 2 heterocycles. The van der Waals surface area contributed by atoms with Crippen molar-refractivity contribution < 1.29 is 4.79 Å². The smallest absolute Gasteiger partial charge is 0.245 e. The van der Waals surface area contributed by atoms with E-state index in [2.05, 4.69) is 6.07 Å². The summed E-state index contributed by atoms with van der Waals surface area (Å²) in [5, 5.41) is 9.22. The fraction of sp³-hybridized carbons (Fsp3) is 0.833. The summed E-state index contributed by atoms with van der Waals surface area (Å²) >= 11 is 1.71. The molecular weight excluding hydrogens is 270 g/mol. The van der Waals surface area contributed by atoms with E-state index in [9.17, 15) is 4.79 Å². The summed E-state index contributed by atoms with van der Waals surface area (Å²) in [5.41, 5.74) is 5.72. The molecule has 3 fully saturated rings. The van der Waals surface area contributed by atoms with Crippen LogP contribution in [0.1, 0.15) is 32.1 Å². The number of nitrogens with two attached hydrogens (primary N) is 1. The third-order valence-electron chi connectivity index (χ3n) is 4.47. The standard InChI is InChI=1S/C12H17N3OS.ClH/c13-6-9-7-17-10-5-12(14,11(16)15(9)10)8-3-1-2-4-8;/h8-10H,1-5,7,14H2;1H/t9-,10+,12+;/m1./s1. The van der Waals surface area contributed by atoms with Crippen molar-refractivity contribution in [3.05, 3.63) is 0 Å². The zero-order valence-electron chi connectivity index (χ0n) is 10.2. The summed E-state index contributed by atoms with van der Waals surface area (Å²) in [7, 11) is 0. The van der Waals surface area contributed by atoms with E-state index in [1.54, 1.807) is 16.7 Å². The van der Waals surface area contributed by atoms with Crippen molar-refractivity contribution >= 4 is 30.1 Å². The molecule has 6 heteroatoms. The van der Waals surface area contributed by atoms with E-state index in [0.717, 1.165) is 25.0 Å². The quantitative estimate of drug-likeness (QED) is 0.793. The molecule has 3 aliphatic rings. The maximum atomic E-state index is 12.5. The molecule has 1 saturated carbocycles. The summed E-state index contributed by atoms with van der Waals surface area (Å²) in [5.74, 6) is 1.11. The first-order chi connectivity index (χ1) is 8.16. The lowest BCUT2D eigenvalue weighted by Crippen LogP contribution is -2.54. The Morgan fingerprint density at radius 3 is 2.72 bits per heavy atom. The Kier molecular flexibility index (Phi) is 3.82. The first-order valence-corrected chi connectivity index (χ1v) is 7.34. The minimum atomic E-state index is -0.677. The summed E-state index contributed by atoms with van der Waals surface area (Å²) in [6.07, 6.45) is 5.27. The number of thioether (sulfide) groups is 1. The normalized spacial score (nSPS) is 39.6. The summed E-state index contributed by atoms with van der Waals surface area (Å²) in [4.78, 5) is 14.3. The molecule has 2 aliphatic heterocycles. The van der Waals surface area contributed by atoms with Crippen molar-refractivity contribution in [1.82, 2.24) is 4.90 Å². The van der Waals surface area contributed by atoms with Crippen LogP contribution in [0.3, 0.4) is 0 Å². The van der Waals surface area contributed by atoms with Gasteiger partial charge in [-0.05, 0) is 18.8 Å². The minimum Gasteiger partial charge on any atom is -0.317 e. The van der Waals surface area contributed by atoms with Gasteiger partial charge in [0.1, 0.15) is 11.6 Å². The van der Waals surface area contributed by atoms with Crippen LogP contribution in [0, 0.1) is 17.2 Å². The second-order valence-corrected chi connectivity index (χ2v) is 6.58. The third-order valence-corrected chi connectivity index (χ3v) is 5.76. The van der Waals surface area contributed by atoms with Gasteiger partial charge in [-0.15, -0.1) is 24.2 Å². The largest absolute Gasteiger partial charge is 0.317 e. The van der Waals surface area contributed by atoms with E-state index in [4.69, 9.17) is 11.0 Å². The van der Waals surface area contributed by atoms with Gasteiger partial charge in [-0.2, -0.15) is 5.26 Å². The maximum Gasteiger partial charge on any atom is 0.245 e. The number of fused-ring (bicyclic) bond motifs is 1. The first-order valence-electron chi connectivity index (χ1n) is 6.29. The van der Waals surface area contributed by atoms with Crippen LogP contribution in [0.2, 0.25) is 0 Å². The molecule has 1 aliphatic carbocycles. The monoisotopic (exact) mass is 287 g/mol. The van der Waals surface area contributed by atoms with Crippen LogP contribution < -0.4 is 5.73 Å². The summed E-state index contributed by atoms with van der Waals surface area (Å²) in [6, 6.07) is 1.96. The Balaban J connectivity index is 0.00000120. The van der Waals surface area contributed by atoms with Crippen LogP contribution in [0.5, 0.6) is 0 Å². The van der Waals surface area contributed by atoms with Gasteiger partial charge >= 0.3 is 0 Å². The van der Waals surface area contributed by atoms with Crippen molar-refractivity contribution in [1.29, 1.82) is 5.26 Å². The molecular formula is C12H18ClN3OS. The molecule has 3 atom stereocenters. The van der Waals surface area contributed by atoms with Crippen LogP contribution >= 0.6 is 24.2 Å². The Hall–Kier alpha value is -0.440. The van der Waals surface area contributed by atoms with Crippen LogP contribution in [-0.2, 0) is 4.79 Å². The van der Waals surface area contributed by atoms with Crippen LogP contribution in [0.15, 0.2) is 0 Å². The number of nitriles is 1. The molecule has 0 radical (unpaired) electrons. The lowest BCUT2D eigenvalue weighted by molar-refractivity contribution is -0.134. The third kappa shape index (κ3) is 1.82. The van der Waals surface area contributed by atoms with Gasteiger partial charge in [-0.3, -0.25) is 4.79 Å². The second kappa shape index (κ2) is 4.92. The summed E-state index contributed by atoms with van der Waals surface area (Å²) in [6.45, 7) is 0. The highest BCUT2D eigenvalue weighted by molar-refractivity contribution is 8.00. The molecule has 18 heavy (non-hydrogen) atoms. The number of hydrogen-bond donors (Lipinski definition) is 1. The lowest BCUT2D eigenvalue weighted by Gasteiger charge is -2.30. The van der Waals surface area contributed by atoms with Gasteiger partial charge in [-0.1, -0.05) is 12.8 Å². The molecule has 0 aromatic heterocycles. The number of carbonyl (C=O) groups excluding carboxylic acids is 1. The van der Waals surface area contributed by atoms with E-state index >= 15 is 0 Å². The Labute approximate surface area is 118 Å². The van der Waals surface area contributed by atoms with E-state index in [0.29, 0.717) is 5.92 Å². The molecule has 0 aromatic carbocycles. The molecule has 1 amide bonds. The van der Waals surface area contributed by atoms with Crippen molar-refractivity contribution in [2.24, 2.45) is 11.7 Å². The van der Waals surface area contributed by atoms with Crippen molar-refractivity contribution in [3.8, 4) is 6.07 Å². The van der Waals surface area contributed by atoms with Gasteiger partial charge in [0.05, 0.1) is 11.4 Å². The van der Waals surface area contributed by atoms with Gasteiger partial charge in [0.25, 0.3) is 0 Å². The zero-order chi connectivity index (χ0) is 12.0. The minimum absolute atomic E-state index is 0. The molecule has 2 N–H and O–H groups in total. The lowest BCUT2D eigenvalue weighted by atomic mass is 9.82. The number of carbonyl (C=O) groups is 1. The van der Waals surface area contributed by atoms with Crippen molar-refractivity contribution in [3.63, 3.8) is 0 Å². The van der Waals surface area contributed by atoms with Crippen LogP contribution in [0.25, 0.3) is 0 Å². The predicted molar refractivity (Wildman–Crippen MR) is 73.2 cm³/mol. The van der Waals surface area contributed by atoms with E-state index in [1.165, 1.54) is 12.8 Å². The zero-order valence-corrected chi connectivity index (χ0v) is 11.8. The van der Waals surface area contributed by atoms with E-state index in [1.807, 2.05) is 0 Å². The SMILES string of the molecule is Cl.N#C[C@@H]1CS[C@H]2C[C@](N)(C3CCCC3)C(=O)N12. The fourth-order valence-corrected chi connectivity index (χ4v) is 4.93. The molecule has 3 rings (SSSR count). The fourth-order valence-electron chi connectivity index (χ4n) is 3.49. The molecule has 0 unspecified atom stereocenters. The molecule has 100 valence electrons. The number of hydrogen-bond acceptors (Lipinski definition) is 4. The van der Waals surface area contributed by atoms with Gasteiger partial charge < -0.3 is 10.6 Å². The molecule has 4 nitrogen and oxygen atoms in total. The van der Waals surface area contributed by atoms with Gasteiger partial charge in [0.2, 0.25) is 5.91 Å². The van der Waals surface area contributed by atoms with Gasteiger partial charge in [0.15, 0.2) is 0 Å². The van der Waals surface area contributed by atoms with Crippen LogP contribution in [0.4, 0.5) is 0 Å². The topological polar surface area (TPSA) is 70.1 Å². The number of nitrogens with zero attached hydrogens (tertiary/aromatic N) is 2. The second-order valence-electron chi connectivity index (χ2n) is 5.37. The van der Waals surface area contributed by atoms with Gasteiger partial charge in [0, 0.05) is 12.2 Å². The highest BCUT2D eigenvalue weighted by Crippen LogP contribution is 2.47. The van der Waals surface area contributed by atoms with E-state index in [-0.39, 0.29) is 29.7 Å². The Bertz CT molecular complexity index is 393. The van der Waals surface area contributed by atoms with E-state index < -0.39 is 5.54 Å². The van der Waals surface area contributed by atoms with Crippen molar-refractivity contribution in [2.45, 2.75) is 49.1 Å². The Morgan fingerprint density at radius 2 is 2.11 bits per heavy atom. The average molecular weight is 288 g/mol. The summed E-state index contributed by atoms with van der Waals surface area (Å²) < 4.78 is 0. The average Bonchev–Trinajstić information content (AvgIpc) is 2.99. The predicted octanol–water partition coefficient (Wildman–Crippen LogP) is 1.49. The van der Waals surface area contributed by atoms with Crippen molar-refractivity contribution in [2.75, 3.05) is 5.75 Å². The Morgan fingerprint density at radius 1 is 1.44 bits per heavy atom. The highest BCUT2D eigenvalue weighted by atomic mass is 35.5. The molecule has 2 saturated heterocycles. The maximum absolute atomic E-state index is 12.5. The highest BCUT2D eigenvalue weighted by Gasteiger charge is 2.57. The van der Waals surface area contributed by atoms with Crippen LogP contribution in [-0.4, -0.2) is 33.5 Å². The first kappa shape index (κ1) is 14.0.